The van der Waals surface area contributed by atoms with Gasteiger partial charge in [-0.25, -0.2) is 4.79 Å². The average Bonchev–Trinajstić information content (AvgIpc) is 3.02. The van der Waals surface area contributed by atoms with Crippen LogP contribution in [0.25, 0.3) is 0 Å². The molecule has 1 aliphatic rings. The van der Waals surface area contributed by atoms with Gasteiger partial charge in [0.05, 0.1) is 25.4 Å². The van der Waals surface area contributed by atoms with Crippen LogP contribution in [0.1, 0.15) is 23.0 Å². The number of aliphatic hydroxyl groups excluding tert-OH is 2. The lowest BCUT2D eigenvalue weighted by Crippen LogP contribution is -2.45. The van der Waals surface area contributed by atoms with Crippen molar-refractivity contribution in [3.8, 4) is 5.75 Å². The second kappa shape index (κ2) is 7.20. The first-order valence-corrected chi connectivity index (χ1v) is 7.81. The minimum atomic E-state index is -1.01. The van der Waals surface area contributed by atoms with E-state index in [9.17, 15) is 19.5 Å². The van der Waals surface area contributed by atoms with Gasteiger partial charge in [-0.15, -0.1) is 0 Å². The summed E-state index contributed by atoms with van der Waals surface area (Å²) in [5, 5.41) is 22.7. The topological polar surface area (TPSA) is 133 Å². The molecule has 1 saturated heterocycles. The molecule has 2 N–H and O–H groups in total. The molecule has 0 saturated carbocycles. The Morgan fingerprint density at radius 2 is 2.12 bits per heavy atom. The highest BCUT2D eigenvalue weighted by atomic mass is 16.5. The summed E-state index contributed by atoms with van der Waals surface area (Å²) in [7, 11) is 1.36. The lowest BCUT2D eigenvalue weighted by Gasteiger charge is -2.15. The maximum Gasteiger partial charge on any atom is 0.357 e. The van der Waals surface area contributed by atoms with Crippen LogP contribution in [-0.4, -0.2) is 56.4 Å². The van der Waals surface area contributed by atoms with Crippen molar-refractivity contribution in [2.75, 3.05) is 13.7 Å². The van der Waals surface area contributed by atoms with E-state index in [-0.39, 0.29) is 17.7 Å². The van der Waals surface area contributed by atoms with Crippen LogP contribution in [0, 0.1) is 0 Å². The number of aromatic nitrogens is 3. The molecule has 10 nitrogen and oxygen atoms in total. The molecule has 2 aromatic rings. The van der Waals surface area contributed by atoms with Crippen molar-refractivity contribution in [1.82, 2.24) is 14.3 Å². The van der Waals surface area contributed by atoms with Crippen molar-refractivity contribution in [2.45, 2.75) is 24.9 Å². The van der Waals surface area contributed by atoms with E-state index in [1.807, 2.05) is 0 Å². The van der Waals surface area contributed by atoms with Crippen molar-refractivity contribution >= 4 is 5.91 Å². The van der Waals surface area contributed by atoms with Gasteiger partial charge in [0.25, 0.3) is 11.5 Å². The number of carbonyl (C=O) groups is 1. The van der Waals surface area contributed by atoms with Crippen LogP contribution in [0.5, 0.6) is 5.75 Å². The predicted molar refractivity (Wildman–Crippen MR) is 87.1 cm³/mol. The molecule has 0 unspecified atom stereocenters. The molecule has 1 aromatic heterocycles. The molecule has 0 amide bonds. The van der Waals surface area contributed by atoms with E-state index >= 15 is 0 Å². The highest BCUT2D eigenvalue weighted by Gasteiger charge is 2.36. The van der Waals surface area contributed by atoms with Crippen LogP contribution < -0.4 is 16.0 Å². The quantitative estimate of drug-likeness (QED) is 0.688. The van der Waals surface area contributed by atoms with Gasteiger partial charge in [0.15, 0.2) is 6.23 Å². The first-order chi connectivity index (χ1) is 12.5. The Kier molecular flexibility index (Phi) is 4.98. The van der Waals surface area contributed by atoms with Gasteiger partial charge in [0, 0.05) is 6.42 Å². The molecular weight excluding hydrogens is 346 g/mol. The van der Waals surface area contributed by atoms with Gasteiger partial charge in [0.1, 0.15) is 18.1 Å². The molecule has 1 fully saturated rings. The maximum atomic E-state index is 12.7. The van der Waals surface area contributed by atoms with Gasteiger partial charge < -0.3 is 19.7 Å². The molecule has 138 valence electrons. The molecule has 3 rings (SSSR count). The molecule has 1 aromatic carbocycles. The fourth-order valence-corrected chi connectivity index (χ4v) is 2.77. The SMILES string of the molecule is COc1ccccc1C(=O)n1c(=O)cnn([C@H]2C[C@H](O)[C@@H](CO)O2)c1=O. The molecule has 26 heavy (non-hydrogen) atoms. The molecule has 0 radical (unpaired) electrons. The zero-order valence-corrected chi connectivity index (χ0v) is 13.8. The molecule has 0 spiro atoms. The van der Waals surface area contributed by atoms with Crippen LogP contribution in [0.3, 0.4) is 0 Å². The summed E-state index contributed by atoms with van der Waals surface area (Å²) in [6.07, 6.45) is -2.08. The summed E-state index contributed by atoms with van der Waals surface area (Å²) >= 11 is 0. The highest BCUT2D eigenvalue weighted by Crippen LogP contribution is 2.26. The highest BCUT2D eigenvalue weighted by molar-refractivity contribution is 5.98. The van der Waals surface area contributed by atoms with E-state index in [4.69, 9.17) is 14.6 Å². The van der Waals surface area contributed by atoms with E-state index in [1.54, 1.807) is 12.1 Å². The Morgan fingerprint density at radius 3 is 2.77 bits per heavy atom. The smallest absolute Gasteiger partial charge is 0.357 e. The van der Waals surface area contributed by atoms with Crippen LogP contribution >= 0.6 is 0 Å². The van der Waals surface area contributed by atoms with Crippen molar-refractivity contribution in [3.63, 3.8) is 0 Å². The first-order valence-electron chi connectivity index (χ1n) is 7.81. The number of nitrogens with zero attached hydrogens (tertiary/aromatic N) is 3. The van der Waals surface area contributed by atoms with E-state index in [2.05, 4.69) is 5.10 Å². The van der Waals surface area contributed by atoms with Gasteiger partial charge in [0.2, 0.25) is 0 Å². The third-order valence-electron chi connectivity index (χ3n) is 4.10. The summed E-state index contributed by atoms with van der Waals surface area (Å²) in [5.74, 6) is -0.661. The molecular formula is C16H17N3O7. The minimum absolute atomic E-state index is 0.0147. The zero-order chi connectivity index (χ0) is 18.8. The predicted octanol–water partition coefficient (Wildman–Crippen LogP) is -1.26. The Morgan fingerprint density at radius 1 is 1.38 bits per heavy atom. The monoisotopic (exact) mass is 363 g/mol. The van der Waals surface area contributed by atoms with Crippen LogP contribution in [0.4, 0.5) is 0 Å². The van der Waals surface area contributed by atoms with E-state index < -0.39 is 42.2 Å². The van der Waals surface area contributed by atoms with Gasteiger partial charge in [-0.3, -0.25) is 9.59 Å². The second-order valence-electron chi connectivity index (χ2n) is 5.67. The van der Waals surface area contributed by atoms with Gasteiger partial charge in [-0.2, -0.15) is 14.3 Å². The van der Waals surface area contributed by atoms with E-state index in [0.29, 0.717) is 4.57 Å². The first kappa shape index (κ1) is 18.0. The average molecular weight is 363 g/mol. The third-order valence-corrected chi connectivity index (χ3v) is 4.10. The van der Waals surface area contributed by atoms with E-state index in [0.717, 1.165) is 10.9 Å². The molecule has 1 aliphatic heterocycles. The molecule has 10 heteroatoms. The number of methoxy groups -OCH3 is 1. The van der Waals surface area contributed by atoms with Crippen molar-refractivity contribution in [2.24, 2.45) is 0 Å². The van der Waals surface area contributed by atoms with Crippen molar-refractivity contribution < 1.29 is 24.5 Å². The number of para-hydroxylation sites is 1. The summed E-state index contributed by atoms with van der Waals surface area (Å²) < 4.78 is 11.7. The molecule has 0 bridgehead atoms. The largest absolute Gasteiger partial charge is 0.496 e. The number of rotatable bonds is 4. The van der Waals surface area contributed by atoms with Gasteiger partial charge >= 0.3 is 5.69 Å². The number of hydrogen-bond acceptors (Lipinski definition) is 8. The normalized spacial score (nSPS) is 22.3. The molecule has 3 atom stereocenters. The van der Waals surface area contributed by atoms with Crippen molar-refractivity contribution in [1.29, 1.82) is 0 Å². The second-order valence-corrected chi connectivity index (χ2v) is 5.67. The summed E-state index contributed by atoms with van der Waals surface area (Å²) in [5.41, 5.74) is -1.88. The van der Waals surface area contributed by atoms with E-state index in [1.165, 1.54) is 19.2 Å². The van der Waals surface area contributed by atoms with Gasteiger partial charge in [-0.1, -0.05) is 12.1 Å². The zero-order valence-electron chi connectivity index (χ0n) is 13.8. The van der Waals surface area contributed by atoms with Gasteiger partial charge in [-0.05, 0) is 12.1 Å². The van der Waals surface area contributed by atoms with Crippen LogP contribution in [-0.2, 0) is 4.74 Å². The standard InChI is InChI=1S/C16H17N3O7/c1-25-11-5-3-2-4-9(11)15(23)18-13(22)7-17-19(16(18)24)14-6-10(21)12(8-20)26-14/h2-5,7,10,12,14,20-21H,6,8H2,1H3/t10-,12+,14+/m0/s1. The fraction of sp³-hybridized carbons (Fsp3) is 0.375. The number of benzene rings is 1. The Bertz CT molecular complexity index is 936. The number of carbonyl (C=O) groups excluding carboxylic acids is 1. The Labute approximate surface area is 146 Å². The lowest BCUT2D eigenvalue weighted by molar-refractivity contribution is -0.0510. The third kappa shape index (κ3) is 3.05. The summed E-state index contributed by atoms with van der Waals surface area (Å²) in [6, 6.07) is 6.17. The Hall–Kier alpha value is -2.82. The lowest BCUT2D eigenvalue weighted by atomic mass is 10.2. The summed E-state index contributed by atoms with van der Waals surface area (Å²) in [6.45, 7) is -0.438. The minimum Gasteiger partial charge on any atom is -0.496 e. The van der Waals surface area contributed by atoms with Crippen molar-refractivity contribution in [3.05, 3.63) is 56.9 Å². The fourth-order valence-electron chi connectivity index (χ4n) is 2.77. The summed E-state index contributed by atoms with van der Waals surface area (Å²) in [4.78, 5) is 37.5. The number of aliphatic hydroxyl groups is 2. The Balaban J connectivity index is 2.05. The maximum absolute atomic E-state index is 12.7. The number of ether oxygens (including phenoxy) is 2. The molecule has 0 aliphatic carbocycles. The van der Waals surface area contributed by atoms with Crippen LogP contribution in [0.2, 0.25) is 0 Å². The number of hydrogen-bond donors (Lipinski definition) is 2. The molecule has 2 heterocycles. The van der Waals surface area contributed by atoms with Crippen LogP contribution in [0.15, 0.2) is 40.1 Å².